The van der Waals surface area contributed by atoms with E-state index >= 15 is 0 Å². The maximum absolute atomic E-state index is 11.9. The fourth-order valence-electron chi connectivity index (χ4n) is 2.68. The SMILES string of the molecule is NC(=O)C1(C2=CNCC=C2)CC1c1ccccn1. The molecule has 1 aliphatic heterocycles. The Labute approximate surface area is 106 Å². The summed E-state index contributed by atoms with van der Waals surface area (Å²) in [4.78, 5) is 16.2. The van der Waals surface area contributed by atoms with E-state index in [4.69, 9.17) is 5.73 Å². The Morgan fingerprint density at radius 3 is 3.00 bits per heavy atom. The molecule has 0 saturated heterocycles. The van der Waals surface area contributed by atoms with Crippen LogP contribution in [0.1, 0.15) is 18.0 Å². The molecule has 3 rings (SSSR count). The first kappa shape index (κ1) is 11.0. The molecule has 3 N–H and O–H groups in total. The smallest absolute Gasteiger partial charge is 0.228 e. The van der Waals surface area contributed by atoms with Crippen LogP contribution in [0.15, 0.2) is 48.3 Å². The molecule has 4 nitrogen and oxygen atoms in total. The molecule has 2 unspecified atom stereocenters. The van der Waals surface area contributed by atoms with Gasteiger partial charge in [-0.25, -0.2) is 0 Å². The van der Waals surface area contributed by atoms with Gasteiger partial charge in [-0.1, -0.05) is 18.2 Å². The molecule has 2 aliphatic rings. The lowest BCUT2D eigenvalue weighted by atomic mass is 9.90. The van der Waals surface area contributed by atoms with Crippen LogP contribution in [-0.4, -0.2) is 17.4 Å². The number of amides is 1. The van der Waals surface area contributed by atoms with Gasteiger partial charge in [0.2, 0.25) is 5.91 Å². The molecular weight excluding hydrogens is 226 g/mol. The molecule has 4 heteroatoms. The molecular formula is C14H15N3O. The van der Waals surface area contributed by atoms with E-state index in [1.54, 1.807) is 6.20 Å². The van der Waals surface area contributed by atoms with Crippen LogP contribution in [0.5, 0.6) is 0 Å². The van der Waals surface area contributed by atoms with Gasteiger partial charge >= 0.3 is 0 Å². The lowest BCUT2D eigenvalue weighted by Crippen LogP contribution is -2.29. The fraction of sp³-hybridized carbons (Fsp3) is 0.286. The minimum absolute atomic E-state index is 0.104. The van der Waals surface area contributed by atoms with Crippen LogP contribution < -0.4 is 11.1 Å². The second kappa shape index (κ2) is 3.98. The first-order valence-corrected chi connectivity index (χ1v) is 6.06. The molecule has 92 valence electrons. The summed E-state index contributed by atoms with van der Waals surface area (Å²) >= 11 is 0. The molecule has 2 heterocycles. The summed E-state index contributed by atoms with van der Waals surface area (Å²) in [6.07, 6.45) is 8.39. The average molecular weight is 241 g/mol. The molecule has 1 aromatic rings. The van der Waals surface area contributed by atoms with E-state index in [1.165, 1.54) is 0 Å². The number of nitrogens with zero attached hydrogens (tertiary/aromatic N) is 1. The molecule has 1 fully saturated rings. The number of carbonyl (C=O) groups is 1. The van der Waals surface area contributed by atoms with E-state index < -0.39 is 5.41 Å². The summed E-state index contributed by atoms with van der Waals surface area (Å²) in [6, 6.07) is 5.77. The lowest BCUT2D eigenvalue weighted by Gasteiger charge is -2.18. The van der Waals surface area contributed by atoms with Gasteiger partial charge in [-0.3, -0.25) is 9.78 Å². The van der Waals surface area contributed by atoms with Crippen LogP contribution in [-0.2, 0) is 4.79 Å². The van der Waals surface area contributed by atoms with Crippen molar-refractivity contribution in [3.63, 3.8) is 0 Å². The molecule has 1 aliphatic carbocycles. The molecule has 1 amide bonds. The molecule has 0 spiro atoms. The number of nitrogens with two attached hydrogens (primary N) is 1. The van der Waals surface area contributed by atoms with Crippen LogP contribution in [0, 0.1) is 5.41 Å². The van der Waals surface area contributed by atoms with Gasteiger partial charge in [0.25, 0.3) is 0 Å². The Kier molecular flexibility index (Phi) is 2.44. The van der Waals surface area contributed by atoms with Gasteiger partial charge in [-0.15, -0.1) is 0 Å². The van der Waals surface area contributed by atoms with Crippen molar-refractivity contribution in [1.82, 2.24) is 10.3 Å². The van der Waals surface area contributed by atoms with E-state index in [-0.39, 0.29) is 11.8 Å². The fourth-order valence-corrected chi connectivity index (χ4v) is 2.68. The first-order valence-electron chi connectivity index (χ1n) is 6.06. The summed E-state index contributed by atoms with van der Waals surface area (Å²) in [6.45, 7) is 0.798. The zero-order chi connectivity index (χ0) is 12.6. The van der Waals surface area contributed by atoms with Crippen LogP contribution in [0.4, 0.5) is 0 Å². The summed E-state index contributed by atoms with van der Waals surface area (Å²) in [5.41, 5.74) is 6.96. The van der Waals surface area contributed by atoms with Gasteiger partial charge < -0.3 is 11.1 Å². The van der Waals surface area contributed by atoms with Gasteiger partial charge in [-0.05, 0) is 24.1 Å². The number of hydrogen-bond acceptors (Lipinski definition) is 3. The predicted molar refractivity (Wildman–Crippen MR) is 68.4 cm³/mol. The topological polar surface area (TPSA) is 68.0 Å². The number of nitrogens with one attached hydrogen (secondary N) is 1. The highest BCUT2D eigenvalue weighted by atomic mass is 16.1. The second-order valence-corrected chi connectivity index (χ2v) is 4.76. The highest BCUT2D eigenvalue weighted by Gasteiger charge is 2.62. The molecule has 1 aromatic heterocycles. The van der Waals surface area contributed by atoms with Crippen molar-refractivity contribution in [3.8, 4) is 0 Å². The highest BCUT2D eigenvalue weighted by molar-refractivity contribution is 5.90. The van der Waals surface area contributed by atoms with E-state index in [0.717, 1.165) is 24.2 Å². The quantitative estimate of drug-likeness (QED) is 0.832. The van der Waals surface area contributed by atoms with Crippen LogP contribution >= 0.6 is 0 Å². The minimum Gasteiger partial charge on any atom is -0.387 e. The van der Waals surface area contributed by atoms with Gasteiger partial charge in [0.05, 0.1) is 5.41 Å². The molecule has 18 heavy (non-hydrogen) atoms. The minimum atomic E-state index is -0.571. The second-order valence-electron chi connectivity index (χ2n) is 4.76. The Morgan fingerprint density at radius 2 is 2.39 bits per heavy atom. The number of dihydropyridines is 1. The van der Waals surface area contributed by atoms with Crippen molar-refractivity contribution in [1.29, 1.82) is 0 Å². The molecule has 2 atom stereocenters. The zero-order valence-corrected chi connectivity index (χ0v) is 9.97. The van der Waals surface area contributed by atoms with Crippen LogP contribution in [0.2, 0.25) is 0 Å². The Balaban J connectivity index is 1.95. The van der Waals surface area contributed by atoms with E-state index in [1.807, 2.05) is 36.6 Å². The third-order valence-electron chi connectivity index (χ3n) is 3.75. The van der Waals surface area contributed by atoms with E-state index in [9.17, 15) is 4.79 Å². The van der Waals surface area contributed by atoms with Gasteiger partial charge in [-0.2, -0.15) is 0 Å². The molecule has 1 saturated carbocycles. The maximum Gasteiger partial charge on any atom is 0.228 e. The number of aromatic nitrogens is 1. The number of allylic oxidation sites excluding steroid dienone is 1. The molecule has 0 aromatic carbocycles. The number of pyridine rings is 1. The third-order valence-corrected chi connectivity index (χ3v) is 3.75. The van der Waals surface area contributed by atoms with Crippen LogP contribution in [0.25, 0.3) is 0 Å². The normalized spacial score (nSPS) is 29.3. The van der Waals surface area contributed by atoms with E-state index in [0.29, 0.717) is 0 Å². The van der Waals surface area contributed by atoms with Crippen molar-refractivity contribution < 1.29 is 4.79 Å². The Bertz CT molecular complexity index is 535. The number of carbonyl (C=O) groups excluding carboxylic acids is 1. The van der Waals surface area contributed by atoms with Crippen molar-refractivity contribution in [2.75, 3.05) is 6.54 Å². The first-order chi connectivity index (χ1) is 8.75. The summed E-state index contributed by atoms with van der Waals surface area (Å²) < 4.78 is 0. The Hall–Kier alpha value is -2.10. The standard InChI is InChI=1S/C14H15N3O/c15-13(18)14(10-4-3-6-16-9-10)8-11(14)12-5-1-2-7-17-12/h1-5,7,9,11,16H,6,8H2,(H2,15,18). The van der Waals surface area contributed by atoms with Gasteiger partial charge in [0, 0.05) is 30.6 Å². The van der Waals surface area contributed by atoms with Gasteiger partial charge in [0.1, 0.15) is 0 Å². The summed E-state index contributed by atoms with van der Waals surface area (Å²) in [5, 5.41) is 3.13. The third kappa shape index (κ3) is 1.53. The largest absolute Gasteiger partial charge is 0.387 e. The Morgan fingerprint density at radius 1 is 1.50 bits per heavy atom. The van der Waals surface area contributed by atoms with Crippen molar-refractivity contribution in [3.05, 3.63) is 54.0 Å². The van der Waals surface area contributed by atoms with Crippen molar-refractivity contribution in [2.45, 2.75) is 12.3 Å². The van der Waals surface area contributed by atoms with E-state index in [2.05, 4.69) is 10.3 Å². The molecule has 0 bridgehead atoms. The highest BCUT2D eigenvalue weighted by Crippen LogP contribution is 2.63. The average Bonchev–Trinajstić information content (AvgIpc) is 3.18. The monoisotopic (exact) mass is 241 g/mol. The number of rotatable bonds is 3. The van der Waals surface area contributed by atoms with Gasteiger partial charge in [0.15, 0.2) is 0 Å². The van der Waals surface area contributed by atoms with Crippen molar-refractivity contribution in [2.24, 2.45) is 11.1 Å². The number of primary amides is 1. The zero-order valence-electron chi connectivity index (χ0n) is 9.97. The summed E-state index contributed by atoms with van der Waals surface area (Å²) in [5.74, 6) is -0.162. The van der Waals surface area contributed by atoms with Crippen LogP contribution in [0.3, 0.4) is 0 Å². The predicted octanol–water partition coefficient (Wildman–Crippen LogP) is 1.08. The van der Waals surface area contributed by atoms with Crippen molar-refractivity contribution >= 4 is 5.91 Å². The maximum atomic E-state index is 11.9. The molecule has 0 radical (unpaired) electrons. The number of hydrogen-bond donors (Lipinski definition) is 2. The summed E-state index contributed by atoms with van der Waals surface area (Å²) in [7, 11) is 0. The lowest BCUT2D eigenvalue weighted by molar-refractivity contribution is -0.121.